The first kappa shape index (κ1) is 26.3. The summed E-state index contributed by atoms with van der Waals surface area (Å²) in [7, 11) is 4.23. The molecule has 0 aromatic heterocycles. The van der Waals surface area contributed by atoms with E-state index in [0.717, 1.165) is 32.5 Å². The molecule has 136 valence electrons. The van der Waals surface area contributed by atoms with Crippen molar-refractivity contribution >= 4 is 5.91 Å². The van der Waals surface area contributed by atoms with Crippen LogP contribution in [0.2, 0.25) is 0 Å². The Hall–Kier alpha value is -0.610. The van der Waals surface area contributed by atoms with Crippen LogP contribution in [0.25, 0.3) is 0 Å². The average molecular weight is 318 g/mol. The van der Waals surface area contributed by atoms with Crippen molar-refractivity contribution in [3.8, 4) is 0 Å². The first-order valence-electron chi connectivity index (χ1n) is 8.72. The Kier molecular flexibility index (Phi) is 20.0. The molecule has 0 aromatic rings. The molecule has 22 heavy (non-hydrogen) atoms. The number of hydrogen-bond acceptors (Lipinski definition) is 3. The summed E-state index contributed by atoms with van der Waals surface area (Å²) in [5.41, 5.74) is 5.36. The van der Waals surface area contributed by atoms with E-state index in [-0.39, 0.29) is 19.3 Å². The summed E-state index contributed by atoms with van der Waals surface area (Å²) < 4.78 is 0. The van der Waals surface area contributed by atoms with E-state index in [1.165, 1.54) is 12.8 Å². The fraction of sp³-hybridized carbons (Fsp3) is 0.944. The smallest absolute Gasteiger partial charge is 0.220 e. The van der Waals surface area contributed by atoms with E-state index in [0.29, 0.717) is 6.04 Å². The fourth-order valence-corrected chi connectivity index (χ4v) is 2.60. The average Bonchev–Trinajstić information content (AvgIpc) is 2.52. The molecular formula is C18H43N3O. The van der Waals surface area contributed by atoms with E-state index < -0.39 is 0 Å². The van der Waals surface area contributed by atoms with Crippen LogP contribution in [0, 0.1) is 5.92 Å². The lowest BCUT2D eigenvalue weighted by molar-refractivity contribution is -0.123. The molecule has 0 saturated carbocycles. The summed E-state index contributed by atoms with van der Waals surface area (Å²) in [6.07, 6.45) is 4.28. The lowest BCUT2D eigenvalue weighted by Crippen LogP contribution is -2.44. The standard InChI is InChI=1S/C13H27N3O.2C2H6.CH4/c1-4-12(7-8-15(2)3)16-9-5-11(6-10-16)13(14)17;2*1-2;/h11-12H,4-10H2,1-3H3,(H2,14,17);2*1-2H3;1H4. The Morgan fingerprint density at radius 3 is 1.95 bits per heavy atom. The predicted molar refractivity (Wildman–Crippen MR) is 100 cm³/mol. The van der Waals surface area contributed by atoms with Crippen LogP contribution < -0.4 is 5.73 Å². The minimum absolute atomic E-state index is 0. The molecular weight excluding hydrogens is 274 g/mol. The number of nitrogens with zero attached hydrogens (tertiary/aromatic N) is 2. The maximum absolute atomic E-state index is 11.1. The lowest BCUT2D eigenvalue weighted by atomic mass is 9.94. The van der Waals surface area contributed by atoms with Gasteiger partial charge in [0.15, 0.2) is 0 Å². The molecule has 0 aromatic carbocycles. The van der Waals surface area contributed by atoms with Gasteiger partial charge in [-0.15, -0.1) is 0 Å². The van der Waals surface area contributed by atoms with Gasteiger partial charge in [0.2, 0.25) is 5.91 Å². The van der Waals surface area contributed by atoms with Gasteiger partial charge in [-0.1, -0.05) is 42.0 Å². The highest BCUT2D eigenvalue weighted by molar-refractivity contribution is 5.76. The lowest BCUT2D eigenvalue weighted by Gasteiger charge is -2.36. The molecule has 4 heteroatoms. The molecule has 1 amide bonds. The zero-order chi connectivity index (χ0) is 16.8. The topological polar surface area (TPSA) is 49.6 Å². The second-order valence-electron chi connectivity index (χ2n) is 5.37. The first-order chi connectivity index (χ1) is 10.0. The van der Waals surface area contributed by atoms with Crippen LogP contribution >= 0.6 is 0 Å². The third-order valence-corrected chi connectivity index (χ3v) is 3.83. The highest BCUT2D eigenvalue weighted by Crippen LogP contribution is 2.21. The molecule has 2 N–H and O–H groups in total. The minimum Gasteiger partial charge on any atom is -0.369 e. The van der Waals surface area contributed by atoms with Crippen molar-refractivity contribution < 1.29 is 4.79 Å². The molecule has 0 bridgehead atoms. The Bertz CT molecular complexity index is 236. The summed E-state index contributed by atoms with van der Waals surface area (Å²) in [6, 6.07) is 0.659. The molecule has 0 aliphatic carbocycles. The van der Waals surface area contributed by atoms with E-state index in [1.54, 1.807) is 0 Å². The van der Waals surface area contributed by atoms with E-state index >= 15 is 0 Å². The van der Waals surface area contributed by atoms with Gasteiger partial charge >= 0.3 is 0 Å². The molecule has 1 aliphatic rings. The van der Waals surface area contributed by atoms with Crippen LogP contribution in [0.15, 0.2) is 0 Å². The van der Waals surface area contributed by atoms with Gasteiger partial charge in [0.1, 0.15) is 0 Å². The van der Waals surface area contributed by atoms with Crippen molar-refractivity contribution in [3.63, 3.8) is 0 Å². The van der Waals surface area contributed by atoms with Crippen LogP contribution in [0.4, 0.5) is 0 Å². The van der Waals surface area contributed by atoms with Gasteiger partial charge in [-0.25, -0.2) is 0 Å². The number of nitrogens with two attached hydrogens (primary N) is 1. The highest BCUT2D eigenvalue weighted by atomic mass is 16.1. The number of carbonyl (C=O) groups is 1. The van der Waals surface area contributed by atoms with Crippen LogP contribution in [0.1, 0.15) is 67.7 Å². The largest absolute Gasteiger partial charge is 0.369 e. The molecule has 0 radical (unpaired) electrons. The molecule has 1 unspecified atom stereocenters. The van der Waals surface area contributed by atoms with Gasteiger partial charge < -0.3 is 15.5 Å². The number of piperidine rings is 1. The van der Waals surface area contributed by atoms with Crippen molar-refractivity contribution in [3.05, 3.63) is 0 Å². The van der Waals surface area contributed by atoms with Gasteiger partial charge in [0, 0.05) is 12.0 Å². The van der Waals surface area contributed by atoms with Crippen LogP contribution in [0.5, 0.6) is 0 Å². The van der Waals surface area contributed by atoms with E-state index in [9.17, 15) is 4.79 Å². The van der Waals surface area contributed by atoms with Crippen molar-refractivity contribution in [1.29, 1.82) is 0 Å². The first-order valence-corrected chi connectivity index (χ1v) is 8.72. The zero-order valence-electron chi connectivity index (χ0n) is 15.5. The second-order valence-corrected chi connectivity index (χ2v) is 5.37. The number of carbonyl (C=O) groups excluding carboxylic acids is 1. The van der Waals surface area contributed by atoms with Crippen LogP contribution in [0.3, 0.4) is 0 Å². The Labute approximate surface area is 140 Å². The molecule has 4 nitrogen and oxygen atoms in total. The summed E-state index contributed by atoms with van der Waals surface area (Å²) in [5, 5.41) is 0. The van der Waals surface area contributed by atoms with Gasteiger partial charge in [0.05, 0.1) is 0 Å². The maximum atomic E-state index is 11.1. The van der Waals surface area contributed by atoms with Gasteiger partial charge in [0.25, 0.3) is 0 Å². The fourth-order valence-electron chi connectivity index (χ4n) is 2.60. The Morgan fingerprint density at radius 2 is 1.64 bits per heavy atom. The molecule has 1 saturated heterocycles. The molecule has 1 atom stereocenters. The van der Waals surface area contributed by atoms with Crippen molar-refractivity contribution in [2.75, 3.05) is 33.7 Å². The number of likely N-dealkylation sites (tertiary alicyclic amines) is 1. The van der Waals surface area contributed by atoms with E-state index in [1.807, 2.05) is 27.7 Å². The maximum Gasteiger partial charge on any atom is 0.220 e. The van der Waals surface area contributed by atoms with Crippen LogP contribution in [-0.4, -0.2) is 55.5 Å². The number of primary amides is 1. The SMILES string of the molecule is C.CC.CC.CCC(CCN(C)C)N1CCC(C(N)=O)CC1. The van der Waals surface area contributed by atoms with Gasteiger partial charge in [-0.2, -0.15) is 0 Å². The monoisotopic (exact) mass is 317 g/mol. The predicted octanol–water partition coefficient (Wildman–Crippen LogP) is 3.60. The van der Waals surface area contributed by atoms with E-state index in [2.05, 4.69) is 30.8 Å². The quantitative estimate of drug-likeness (QED) is 0.814. The van der Waals surface area contributed by atoms with E-state index in [4.69, 9.17) is 5.73 Å². The normalized spacial score (nSPS) is 16.5. The van der Waals surface area contributed by atoms with Crippen molar-refractivity contribution in [1.82, 2.24) is 9.80 Å². The van der Waals surface area contributed by atoms with Crippen LogP contribution in [-0.2, 0) is 4.79 Å². The molecule has 0 spiro atoms. The number of rotatable bonds is 6. The molecule has 1 heterocycles. The third-order valence-electron chi connectivity index (χ3n) is 3.83. The second kappa shape index (κ2) is 16.8. The number of amides is 1. The third kappa shape index (κ3) is 11.0. The summed E-state index contributed by atoms with van der Waals surface area (Å²) >= 11 is 0. The summed E-state index contributed by atoms with van der Waals surface area (Å²) in [4.78, 5) is 15.9. The molecule has 1 fully saturated rings. The number of hydrogen-bond donors (Lipinski definition) is 1. The van der Waals surface area contributed by atoms with Gasteiger partial charge in [-0.3, -0.25) is 4.79 Å². The zero-order valence-corrected chi connectivity index (χ0v) is 15.5. The van der Waals surface area contributed by atoms with Crippen molar-refractivity contribution in [2.45, 2.75) is 73.8 Å². The molecule has 1 rings (SSSR count). The van der Waals surface area contributed by atoms with Crippen molar-refractivity contribution in [2.24, 2.45) is 11.7 Å². The minimum atomic E-state index is -0.119. The summed E-state index contributed by atoms with van der Waals surface area (Å²) in [6.45, 7) is 13.4. The highest BCUT2D eigenvalue weighted by Gasteiger charge is 2.26. The molecule has 1 aliphatic heterocycles. The summed E-state index contributed by atoms with van der Waals surface area (Å²) in [5.74, 6) is -0.0106. The Morgan fingerprint density at radius 1 is 1.18 bits per heavy atom. The Balaban J connectivity index is -0.000000665. The van der Waals surface area contributed by atoms with Gasteiger partial charge in [-0.05, 0) is 59.4 Å².